The number of urea groups is 1. The molecule has 1 aliphatic carbocycles. The highest BCUT2D eigenvalue weighted by atomic mass is 16.2. The maximum absolute atomic E-state index is 11.8. The summed E-state index contributed by atoms with van der Waals surface area (Å²) < 4.78 is 0. The van der Waals surface area contributed by atoms with E-state index >= 15 is 0 Å². The monoisotopic (exact) mass is 244 g/mol. The van der Waals surface area contributed by atoms with Gasteiger partial charge < -0.3 is 5.32 Å². The molecular formula is C15H20N2O. The van der Waals surface area contributed by atoms with Crippen molar-refractivity contribution in [1.82, 2.24) is 5.32 Å². The third-order valence-corrected chi connectivity index (χ3v) is 3.39. The molecule has 1 aromatic rings. The Hall–Kier alpha value is -1.64. The summed E-state index contributed by atoms with van der Waals surface area (Å²) in [6.07, 6.45) is 5.90. The molecule has 1 saturated carbocycles. The number of aliphatic imine (C=N–C) groups is 1. The zero-order valence-electron chi connectivity index (χ0n) is 10.9. The molecule has 0 unspecified atom stereocenters. The molecule has 1 fully saturated rings. The van der Waals surface area contributed by atoms with Gasteiger partial charge in [0.05, 0.1) is 5.71 Å². The molecule has 0 aromatic heterocycles. The third-order valence-electron chi connectivity index (χ3n) is 3.39. The van der Waals surface area contributed by atoms with E-state index in [0.29, 0.717) is 6.04 Å². The van der Waals surface area contributed by atoms with E-state index in [-0.39, 0.29) is 6.03 Å². The summed E-state index contributed by atoms with van der Waals surface area (Å²) in [5.74, 6) is 0. The second-order valence-corrected chi connectivity index (χ2v) is 4.85. The average molecular weight is 244 g/mol. The van der Waals surface area contributed by atoms with Crippen LogP contribution in [0.5, 0.6) is 0 Å². The van der Waals surface area contributed by atoms with Crippen LogP contribution in [0, 0.1) is 0 Å². The minimum Gasteiger partial charge on any atom is -0.333 e. The Morgan fingerprint density at radius 1 is 1.17 bits per heavy atom. The van der Waals surface area contributed by atoms with E-state index < -0.39 is 0 Å². The third kappa shape index (κ3) is 3.69. The van der Waals surface area contributed by atoms with Crippen molar-refractivity contribution < 1.29 is 4.79 Å². The zero-order valence-corrected chi connectivity index (χ0v) is 10.9. The molecule has 96 valence electrons. The van der Waals surface area contributed by atoms with Crippen molar-refractivity contribution in [3.63, 3.8) is 0 Å². The van der Waals surface area contributed by atoms with Gasteiger partial charge >= 0.3 is 6.03 Å². The second-order valence-electron chi connectivity index (χ2n) is 4.85. The fourth-order valence-corrected chi connectivity index (χ4v) is 2.35. The Morgan fingerprint density at radius 3 is 2.50 bits per heavy atom. The van der Waals surface area contributed by atoms with Crippen LogP contribution in [0.3, 0.4) is 0 Å². The molecule has 3 nitrogen and oxygen atoms in total. The van der Waals surface area contributed by atoms with E-state index in [0.717, 1.165) is 24.1 Å². The van der Waals surface area contributed by atoms with Gasteiger partial charge in [-0.3, -0.25) is 0 Å². The first-order valence-corrected chi connectivity index (χ1v) is 6.67. The first kappa shape index (κ1) is 12.8. The van der Waals surface area contributed by atoms with Crippen LogP contribution in [0.15, 0.2) is 35.3 Å². The van der Waals surface area contributed by atoms with E-state index in [1.54, 1.807) is 0 Å². The molecule has 2 amide bonds. The first-order chi connectivity index (χ1) is 8.75. The van der Waals surface area contributed by atoms with E-state index in [4.69, 9.17) is 0 Å². The summed E-state index contributed by atoms with van der Waals surface area (Å²) in [6.45, 7) is 1.87. The van der Waals surface area contributed by atoms with Gasteiger partial charge in [0, 0.05) is 6.04 Å². The number of nitrogens with zero attached hydrogens (tertiary/aromatic N) is 1. The number of hydrogen-bond donors (Lipinski definition) is 1. The highest BCUT2D eigenvalue weighted by molar-refractivity contribution is 6.04. The Labute approximate surface area is 108 Å². The summed E-state index contributed by atoms with van der Waals surface area (Å²) in [4.78, 5) is 15.9. The summed E-state index contributed by atoms with van der Waals surface area (Å²) in [5.41, 5.74) is 1.76. The van der Waals surface area contributed by atoms with Gasteiger partial charge in [-0.25, -0.2) is 4.79 Å². The Bertz CT molecular complexity index is 419. The predicted octanol–water partition coefficient (Wildman–Crippen LogP) is 3.54. The average Bonchev–Trinajstić information content (AvgIpc) is 2.40. The minimum absolute atomic E-state index is 0.205. The summed E-state index contributed by atoms with van der Waals surface area (Å²) >= 11 is 0. The quantitative estimate of drug-likeness (QED) is 0.794. The van der Waals surface area contributed by atoms with Gasteiger partial charge in [0.2, 0.25) is 0 Å². The lowest BCUT2D eigenvalue weighted by atomic mass is 9.96. The van der Waals surface area contributed by atoms with Gasteiger partial charge in [-0.05, 0) is 25.3 Å². The van der Waals surface area contributed by atoms with E-state index in [2.05, 4.69) is 10.3 Å². The van der Waals surface area contributed by atoms with Crippen molar-refractivity contribution in [3.05, 3.63) is 35.9 Å². The highest BCUT2D eigenvalue weighted by Gasteiger charge is 2.15. The first-order valence-electron chi connectivity index (χ1n) is 6.67. The lowest BCUT2D eigenvalue weighted by molar-refractivity contribution is 0.241. The van der Waals surface area contributed by atoms with Gasteiger partial charge in [-0.15, -0.1) is 0 Å². The van der Waals surface area contributed by atoms with E-state index in [1.165, 1.54) is 19.3 Å². The van der Waals surface area contributed by atoms with Crippen LogP contribution in [0.25, 0.3) is 0 Å². The molecule has 0 saturated heterocycles. The molecule has 3 heteroatoms. The molecule has 0 radical (unpaired) electrons. The number of carbonyl (C=O) groups excluding carboxylic acids is 1. The molecule has 0 spiro atoms. The van der Waals surface area contributed by atoms with Crippen LogP contribution in [0.2, 0.25) is 0 Å². The normalized spacial score (nSPS) is 17.5. The fourth-order valence-electron chi connectivity index (χ4n) is 2.35. The van der Waals surface area contributed by atoms with Gasteiger partial charge in [-0.2, -0.15) is 4.99 Å². The minimum atomic E-state index is -0.205. The Morgan fingerprint density at radius 2 is 1.83 bits per heavy atom. The molecule has 2 rings (SSSR count). The fraction of sp³-hybridized carbons (Fsp3) is 0.467. The van der Waals surface area contributed by atoms with Crippen molar-refractivity contribution in [2.45, 2.75) is 45.1 Å². The molecule has 0 aliphatic heterocycles. The van der Waals surface area contributed by atoms with Crippen LogP contribution < -0.4 is 5.32 Å². The van der Waals surface area contributed by atoms with Gasteiger partial charge in [0.25, 0.3) is 0 Å². The molecule has 0 heterocycles. The number of rotatable bonds is 2. The van der Waals surface area contributed by atoms with Crippen LogP contribution in [0.4, 0.5) is 4.79 Å². The lowest BCUT2D eigenvalue weighted by Gasteiger charge is -2.21. The highest BCUT2D eigenvalue weighted by Crippen LogP contribution is 2.17. The van der Waals surface area contributed by atoms with Gasteiger partial charge in [-0.1, -0.05) is 49.6 Å². The standard InChI is InChI=1S/C15H20N2O/c1-12(13-8-4-2-5-9-13)16-15(18)17-14-10-6-3-7-11-14/h2,4-5,8-9,14H,3,6-7,10-11H2,1H3,(H,17,18)/b16-12+. The largest absolute Gasteiger partial charge is 0.341 e. The second kappa shape index (κ2) is 6.34. The molecular weight excluding hydrogens is 224 g/mol. The van der Waals surface area contributed by atoms with Crippen molar-refractivity contribution >= 4 is 11.7 Å². The maximum Gasteiger partial charge on any atom is 0.341 e. The van der Waals surface area contributed by atoms with E-state index in [9.17, 15) is 4.79 Å². The lowest BCUT2D eigenvalue weighted by Crippen LogP contribution is -2.34. The molecule has 1 aliphatic rings. The van der Waals surface area contributed by atoms with Crippen molar-refractivity contribution in [1.29, 1.82) is 0 Å². The predicted molar refractivity (Wildman–Crippen MR) is 74.1 cm³/mol. The zero-order chi connectivity index (χ0) is 12.8. The molecule has 0 atom stereocenters. The summed E-state index contributed by atoms with van der Waals surface area (Å²) in [5, 5.41) is 2.99. The number of hydrogen-bond acceptors (Lipinski definition) is 1. The van der Waals surface area contributed by atoms with Gasteiger partial charge in [0.1, 0.15) is 0 Å². The van der Waals surface area contributed by atoms with Crippen LogP contribution in [-0.4, -0.2) is 17.8 Å². The molecule has 1 N–H and O–H groups in total. The molecule has 0 bridgehead atoms. The van der Waals surface area contributed by atoms with Crippen molar-refractivity contribution in [2.75, 3.05) is 0 Å². The Balaban J connectivity index is 1.93. The van der Waals surface area contributed by atoms with Gasteiger partial charge in [0.15, 0.2) is 0 Å². The smallest absolute Gasteiger partial charge is 0.333 e. The SMILES string of the molecule is C/C(=N\C(=O)NC1CCCCC1)c1ccccc1. The van der Waals surface area contributed by atoms with Crippen molar-refractivity contribution in [2.24, 2.45) is 4.99 Å². The van der Waals surface area contributed by atoms with Crippen LogP contribution in [0.1, 0.15) is 44.6 Å². The topological polar surface area (TPSA) is 41.5 Å². The van der Waals surface area contributed by atoms with Crippen LogP contribution in [-0.2, 0) is 0 Å². The molecule has 1 aromatic carbocycles. The number of amides is 2. The van der Waals surface area contributed by atoms with Crippen molar-refractivity contribution in [3.8, 4) is 0 Å². The summed E-state index contributed by atoms with van der Waals surface area (Å²) in [7, 11) is 0. The summed E-state index contributed by atoms with van der Waals surface area (Å²) in [6, 6.07) is 9.90. The molecule has 18 heavy (non-hydrogen) atoms. The number of carbonyl (C=O) groups is 1. The maximum atomic E-state index is 11.8. The number of nitrogens with one attached hydrogen (secondary N) is 1. The van der Waals surface area contributed by atoms with Crippen LogP contribution >= 0.6 is 0 Å². The Kier molecular flexibility index (Phi) is 4.51. The number of benzene rings is 1. The van der Waals surface area contributed by atoms with E-state index in [1.807, 2.05) is 37.3 Å².